The molecule has 17 heavy (non-hydrogen) atoms. The monoisotopic (exact) mass is 299 g/mol. The Bertz CT molecular complexity index is 321. The van der Waals surface area contributed by atoms with E-state index in [0.717, 1.165) is 24.3 Å². The predicted molar refractivity (Wildman–Crippen MR) is 76.3 cm³/mol. The average Bonchev–Trinajstić information content (AvgIpc) is 2.28. The van der Waals surface area contributed by atoms with E-state index in [1.165, 1.54) is 6.26 Å². The molecule has 0 saturated carbocycles. The highest BCUT2D eigenvalue weighted by atomic mass is 35.5. The van der Waals surface area contributed by atoms with E-state index in [1.54, 1.807) is 4.31 Å². The van der Waals surface area contributed by atoms with E-state index in [2.05, 4.69) is 6.92 Å². The van der Waals surface area contributed by atoms with Crippen molar-refractivity contribution in [2.75, 3.05) is 36.7 Å². The van der Waals surface area contributed by atoms with Crippen molar-refractivity contribution >= 4 is 33.4 Å². The van der Waals surface area contributed by atoms with E-state index in [-0.39, 0.29) is 0 Å². The zero-order valence-corrected chi connectivity index (χ0v) is 13.0. The average molecular weight is 300 g/mol. The molecule has 0 aromatic heterocycles. The molecule has 102 valence electrons. The van der Waals surface area contributed by atoms with Crippen molar-refractivity contribution in [3.05, 3.63) is 0 Å². The Balaban J connectivity index is 2.30. The van der Waals surface area contributed by atoms with Crippen LogP contribution in [0.5, 0.6) is 0 Å². The highest BCUT2D eigenvalue weighted by Crippen LogP contribution is 2.23. The number of sulfonamides is 1. The van der Waals surface area contributed by atoms with Gasteiger partial charge in [0.25, 0.3) is 0 Å². The second-order valence-electron chi connectivity index (χ2n) is 4.93. The van der Waals surface area contributed by atoms with Crippen LogP contribution in [0.1, 0.15) is 19.8 Å². The smallest absolute Gasteiger partial charge is 0.211 e. The van der Waals surface area contributed by atoms with Crippen LogP contribution < -0.4 is 0 Å². The minimum absolute atomic E-state index is 0.506. The van der Waals surface area contributed by atoms with Gasteiger partial charge in [0.2, 0.25) is 10.0 Å². The van der Waals surface area contributed by atoms with Gasteiger partial charge in [-0.2, -0.15) is 11.8 Å². The molecule has 1 rings (SSSR count). The first-order chi connectivity index (χ1) is 7.93. The third-order valence-electron chi connectivity index (χ3n) is 2.97. The standard InChI is InChI=1S/C11H22ClNO2S2/c1-10(6-12)8-16-9-11-4-3-5-13(7-11)17(2,14)15/h10-11H,3-9H2,1-2H3. The van der Waals surface area contributed by atoms with E-state index in [1.807, 2.05) is 11.8 Å². The van der Waals surface area contributed by atoms with Crippen LogP contribution >= 0.6 is 23.4 Å². The zero-order chi connectivity index (χ0) is 12.9. The number of piperidine rings is 1. The van der Waals surface area contributed by atoms with Crippen LogP contribution in [0, 0.1) is 11.8 Å². The fraction of sp³-hybridized carbons (Fsp3) is 1.00. The number of thioether (sulfide) groups is 1. The van der Waals surface area contributed by atoms with Crippen molar-refractivity contribution in [2.24, 2.45) is 11.8 Å². The minimum Gasteiger partial charge on any atom is -0.213 e. The maximum atomic E-state index is 11.5. The Labute approximate surface area is 114 Å². The van der Waals surface area contributed by atoms with Crippen LogP contribution in [0.15, 0.2) is 0 Å². The lowest BCUT2D eigenvalue weighted by Crippen LogP contribution is -2.40. The molecular formula is C11H22ClNO2S2. The maximum Gasteiger partial charge on any atom is 0.211 e. The quantitative estimate of drug-likeness (QED) is 0.706. The van der Waals surface area contributed by atoms with Gasteiger partial charge in [-0.25, -0.2) is 12.7 Å². The summed E-state index contributed by atoms with van der Waals surface area (Å²) in [5.74, 6) is 3.86. The highest BCUT2D eigenvalue weighted by molar-refractivity contribution is 7.99. The van der Waals surface area contributed by atoms with Crippen molar-refractivity contribution < 1.29 is 8.42 Å². The molecule has 0 aromatic carbocycles. The Kier molecular flexibility index (Phi) is 6.62. The summed E-state index contributed by atoms with van der Waals surface area (Å²) in [5.41, 5.74) is 0. The van der Waals surface area contributed by atoms with Crippen molar-refractivity contribution in [1.29, 1.82) is 0 Å². The summed E-state index contributed by atoms with van der Waals surface area (Å²) in [6.45, 7) is 3.53. The Morgan fingerprint density at radius 1 is 1.53 bits per heavy atom. The summed E-state index contributed by atoms with van der Waals surface area (Å²) in [6.07, 6.45) is 3.44. The lowest BCUT2D eigenvalue weighted by Gasteiger charge is -2.30. The molecule has 1 aliphatic heterocycles. The molecule has 0 spiro atoms. The summed E-state index contributed by atoms with van der Waals surface area (Å²) < 4.78 is 24.5. The molecule has 2 atom stereocenters. The molecule has 3 nitrogen and oxygen atoms in total. The molecule has 0 amide bonds. The summed E-state index contributed by atoms with van der Waals surface area (Å²) in [4.78, 5) is 0. The molecule has 1 heterocycles. The van der Waals surface area contributed by atoms with Gasteiger partial charge in [-0.1, -0.05) is 6.92 Å². The SMILES string of the molecule is CC(CCl)CSCC1CCCN(S(C)(=O)=O)C1. The van der Waals surface area contributed by atoms with E-state index < -0.39 is 10.0 Å². The van der Waals surface area contributed by atoms with Crippen LogP contribution in [0.3, 0.4) is 0 Å². The molecule has 1 fully saturated rings. The number of rotatable bonds is 6. The number of alkyl halides is 1. The molecule has 1 aliphatic rings. The van der Waals surface area contributed by atoms with Gasteiger partial charge >= 0.3 is 0 Å². The lowest BCUT2D eigenvalue weighted by atomic mass is 10.0. The molecule has 0 radical (unpaired) electrons. The maximum absolute atomic E-state index is 11.5. The summed E-state index contributed by atoms with van der Waals surface area (Å²) in [5, 5.41) is 0. The number of nitrogens with zero attached hydrogens (tertiary/aromatic N) is 1. The first-order valence-electron chi connectivity index (χ1n) is 6.02. The van der Waals surface area contributed by atoms with Crippen molar-refractivity contribution in [2.45, 2.75) is 19.8 Å². The third kappa shape index (κ3) is 5.81. The van der Waals surface area contributed by atoms with E-state index in [0.29, 0.717) is 30.8 Å². The normalized spacial score (nSPS) is 24.8. The first kappa shape index (κ1) is 15.6. The topological polar surface area (TPSA) is 37.4 Å². The van der Waals surface area contributed by atoms with Crippen molar-refractivity contribution in [3.8, 4) is 0 Å². The Morgan fingerprint density at radius 3 is 2.82 bits per heavy atom. The number of halogens is 1. The predicted octanol–water partition coefficient (Wildman–Crippen LogP) is 2.27. The minimum atomic E-state index is -3.00. The van der Waals surface area contributed by atoms with Gasteiger partial charge in [-0.15, -0.1) is 11.6 Å². The van der Waals surface area contributed by atoms with E-state index in [4.69, 9.17) is 11.6 Å². The Morgan fingerprint density at radius 2 is 2.24 bits per heavy atom. The van der Waals surface area contributed by atoms with Gasteiger partial charge in [0.15, 0.2) is 0 Å². The lowest BCUT2D eigenvalue weighted by molar-refractivity contribution is 0.286. The summed E-state index contributed by atoms with van der Waals surface area (Å²) in [7, 11) is -3.00. The highest BCUT2D eigenvalue weighted by Gasteiger charge is 2.25. The van der Waals surface area contributed by atoms with Crippen LogP contribution in [0.4, 0.5) is 0 Å². The van der Waals surface area contributed by atoms with E-state index in [9.17, 15) is 8.42 Å². The van der Waals surface area contributed by atoms with Crippen LogP contribution in [0.2, 0.25) is 0 Å². The zero-order valence-electron chi connectivity index (χ0n) is 10.6. The van der Waals surface area contributed by atoms with Gasteiger partial charge in [0.05, 0.1) is 6.26 Å². The van der Waals surface area contributed by atoms with Crippen molar-refractivity contribution in [1.82, 2.24) is 4.31 Å². The molecule has 0 N–H and O–H groups in total. The van der Waals surface area contributed by atoms with Gasteiger partial charge in [0, 0.05) is 19.0 Å². The molecule has 1 saturated heterocycles. The van der Waals surface area contributed by atoms with Gasteiger partial charge in [-0.05, 0) is 36.2 Å². The summed E-state index contributed by atoms with van der Waals surface area (Å²) >= 11 is 7.65. The second-order valence-corrected chi connectivity index (χ2v) is 8.29. The first-order valence-corrected chi connectivity index (χ1v) is 9.56. The third-order valence-corrected chi connectivity index (χ3v) is 6.28. The van der Waals surface area contributed by atoms with E-state index >= 15 is 0 Å². The van der Waals surface area contributed by atoms with Crippen LogP contribution in [0.25, 0.3) is 0 Å². The molecule has 2 unspecified atom stereocenters. The second kappa shape index (κ2) is 7.22. The molecular weight excluding hydrogens is 278 g/mol. The summed E-state index contributed by atoms with van der Waals surface area (Å²) in [6, 6.07) is 0. The number of hydrogen-bond donors (Lipinski definition) is 0. The molecule has 0 aliphatic carbocycles. The fourth-order valence-electron chi connectivity index (χ4n) is 1.94. The Hall–Kier alpha value is 0.550. The largest absolute Gasteiger partial charge is 0.213 e. The van der Waals surface area contributed by atoms with Gasteiger partial charge < -0.3 is 0 Å². The fourth-order valence-corrected chi connectivity index (χ4v) is 4.39. The van der Waals surface area contributed by atoms with Crippen LogP contribution in [-0.2, 0) is 10.0 Å². The molecule has 6 heteroatoms. The van der Waals surface area contributed by atoms with Crippen LogP contribution in [-0.4, -0.2) is 49.5 Å². The van der Waals surface area contributed by atoms with Crippen molar-refractivity contribution in [3.63, 3.8) is 0 Å². The molecule has 0 aromatic rings. The number of hydrogen-bond acceptors (Lipinski definition) is 3. The van der Waals surface area contributed by atoms with Gasteiger partial charge in [0.1, 0.15) is 0 Å². The molecule has 0 bridgehead atoms. The van der Waals surface area contributed by atoms with Gasteiger partial charge in [-0.3, -0.25) is 0 Å².